The van der Waals surface area contributed by atoms with Gasteiger partial charge < -0.3 is 15.8 Å². The summed E-state index contributed by atoms with van der Waals surface area (Å²) in [7, 11) is 0. The average molecular weight is 214 g/mol. The first kappa shape index (κ1) is 9.67. The van der Waals surface area contributed by atoms with Crippen molar-refractivity contribution in [1.29, 1.82) is 0 Å². The molecule has 1 aliphatic heterocycles. The van der Waals surface area contributed by atoms with Gasteiger partial charge in [0.2, 0.25) is 11.1 Å². The molecule has 2 atom stereocenters. The minimum absolute atomic E-state index is 0.340. The average Bonchev–Trinajstić information content (AvgIpc) is 2.75. The largest absolute Gasteiger partial charge is 0.381 e. The van der Waals surface area contributed by atoms with Crippen molar-refractivity contribution in [2.24, 2.45) is 5.92 Å². The van der Waals surface area contributed by atoms with Gasteiger partial charge in [-0.25, -0.2) is 0 Å². The molecule has 1 aromatic heterocycles. The van der Waals surface area contributed by atoms with Crippen LogP contribution in [-0.4, -0.2) is 28.6 Å². The summed E-state index contributed by atoms with van der Waals surface area (Å²) in [5.74, 6) is 0.910. The van der Waals surface area contributed by atoms with Crippen molar-refractivity contribution in [2.45, 2.75) is 19.4 Å². The molecule has 1 saturated heterocycles. The van der Waals surface area contributed by atoms with E-state index < -0.39 is 0 Å². The smallest absolute Gasteiger partial charge is 0.233 e. The fraction of sp³-hybridized carbons (Fsp3) is 0.750. The minimum atomic E-state index is 0.340. The number of nitrogens with zero attached hydrogens (tertiary/aromatic N) is 2. The Kier molecular flexibility index (Phi) is 2.83. The highest BCUT2D eigenvalue weighted by Crippen LogP contribution is 2.21. The Balaban J connectivity index is 1.90. The quantitative estimate of drug-likeness (QED) is 0.784. The van der Waals surface area contributed by atoms with Crippen molar-refractivity contribution in [3.05, 3.63) is 0 Å². The lowest BCUT2D eigenvalue weighted by molar-refractivity contribution is 0.183. The van der Waals surface area contributed by atoms with Crippen molar-refractivity contribution in [1.82, 2.24) is 9.36 Å². The van der Waals surface area contributed by atoms with Crippen LogP contribution >= 0.6 is 11.5 Å². The molecule has 2 rings (SSSR count). The summed E-state index contributed by atoms with van der Waals surface area (Å²) < 4.78 is 9.23. The molecule has 3 N–H and O–H groups in total. The van der Waals surface area contributed by atoms with Crippen molar-refractivity contribution < 1.29 is 4.74 Å². The third kappa shape index (κ3) is 2.13. The molecule has 14 heavy (non-hydrogen) atoms. The monoisotopic (exact) mass is 214 g/mol. The second-order valence-corrected chi connectivity index (χ2v) is 4.27. The van der Waals surface area contributed by atoms with Gasteiger partial charge in [-0.05, 0) is 13.3 Å². The second-order valence-electron chi connectivity index (χ2n) is 3.51. The zero-order valence-electron chi connectivity index (χ0n) is 8.06. The van der Waals surface area contributed by atoms with Crippen molar-refractivity contribution in [3.63, 3.8) is 0 Å². The van der Waals surface area contributed by atoms with Gasteiger partial charge in [-0.1, -0.05) is 0 Å². The van der Waals surface area contributed by atoms with Crippen LogP contribution < -0.4 is 11.1 Å². The van der Waals surface area contributed by atoms with Gasteiger partial charge in [-0.15, -0.1) is 0 Å². The molecule has 2 heterocycles. The SMILES string of the molecule is CC(Nc1nc(N)ns1)C1CCOC1. The highest BCUT2D eigenvalue weighted by Gasteiger charge is 2.22. The van der Waals surface area contributed by atoms with E-state index in [0.717, 1.165) is 24.8 Å². The summed E-state index contributed by atoms with van der Waals surface area (Å²) >= 11 is 1.30. The van der Waals surface area contributed by atoms with Crippen LogP contribution in [0.3, 0.4) is 0 Å². The number of ether oxygens (including phenoxy) is 1. The number of nitrogens with two attached hydrogens (primary N) is 1. The number of anilines is 2. The molecule has 0 bridgehead atoms. The summed E-state index contributed by atoms with van der Waals surface area (Å²) in [6.07, 6.45) is 1.11. The van der Waals surface area contributed by atoms with E-state index in [1.54, 1.807) is 0 Å². The molecule has 0 spiro atoms. The summed E-state index contributed by atoms with van der Waals surface area (Å²) in [6.45, 7) is 3.84. The van der Waals surface area contributed by atoms with Crippen LogP contribution in [0.5, 0.6) is 0 Å². The van der Waals surface area contributed by atoms with Gasteiger partial charge in [0.15, 0.2) is 0 Å². The van der Waals surface area contributed by atoms with Gasteiger partial charge in [0.05, 0.1) is 6.61 Å². The first-order chi connectivity index (χ1) is 6.75. The number of hydrogen-bond donors (Lipinski definition) is 2. The summed E-state index contributed by atoms with van der Waals surface area (Å²) in [5.41, 5.74) is 5.43. The van der Waals surface area contributed by atoms with Crippen molar-refractivity contribution in [3.8, 4) is 0 Å². The van der Waals surface area contributed by atoms with Gasteiger partial charge in [0.1, 0.15) is 0 Å². The van der Waals surface area contributed by atoms with Gasteiger partial charge in [-0.2, -0.15) is 9.36 Å². The molecule has 0 radical (unpaired) electrons. The fourth-order valence-electron chi connectivity index (χ4n) is 1.55. The van der Waals surface area contributed by atoms with Crippen LogP contribution in [0.2, 0.25) is 0 Å². The molecule has 0 amide bonds. The van der Waals surface area contributed by atoms with Gasteiger partial charge in [0, 0.05) is 30.1 Å². The standard InChI is InChI=1S/C8H14N4OS/c1-5(6-2-3-13-4-6)10-8-11-7(9)12-14-8/h5-6H,2-4H2,1H3,(H3,9,10,11,12). The summed E-state index contributed by atoms with van der Waals surface area (Å²) in [6, 6.07) is 0.366. The van der Waals surface area contributed by atoms with Crippen LogP contribution in [0, 0.1) is 5.92 Å². The number of rotatable bonds is 3. The molecule has 2 unspecified atom stereocenters. The Morgan fingerprint density at radius 3 is 3.14 bits per heavy atom. The van der Waals surface area contributed by atoms with Crippen LogP contribution in [0.15, 0.2) is 0 Å². The molecule has 0 aromatic carbocycles. The van der Waals surface area contributed by atoms with Crippen LogP contribution in [0.1, 0.15) is 13.3 Å². The molecule has 78 valence electrons. The topological polar surface area (TPSA) is 73.1 Å². The molecule has 5 nitrogen and oxygen atoms in total. The van der Waals surface area contributed by atoms with Crippen LogP contribution in [0.25, 0.3) is 0 Å². The lowest BCUT2D eigenvalue weighted by atomic mass is 10.0. The summed E-state index contributed by atoms with van der Waals surface area (Å²) in [5, 5.41) is 4.08. The van der Waals surface area contributed by atoms with Crippen LogP contribution in [0.4, 0.5) is 11.1 Å². The molecule has 1 aromatic rings. The lowest BCUT2D eigenvalue weighted by Gasteiger charge is -2.17. The maximum absolute atomic E-state index is 5.43. The molecule has 0 aliphatic carbocycles. The van der Waals surface area contributed by atoms with E-state index in [-0.39, 0.29) is 0 Å². The van der Waals surface area contributed by atoms with Gasteiger partial charge >= 0.3 is 0 Å². The van der Waals surface area contributed by atoms with Crippen molar-refractivity contribution in [2.75, 3.05) is 24.3 Å². The van der Waals surface area contributed by atoms with Gasteiger partial charge in [-0.3, -0.25) is 0 Å². The van der Waals surface area contributed by atoms with E-state index in [1.807, 2.05) is 0 Å². The Morgan fingerprint density at radius 1 is 1.71 bits per heavy atom. The molecule has 6 heteroatoms. The Morgan fingerprint density at radius 2 is 2.57 bits per heavy atom. The lowest BCUT2D eigenvalue weighted by Crippen LogP contribution is -2.25. The molecule has 1 fully saturated rings. The Hall–Kier alpha value is -0.880. The Labute approximate surface area is 86.8 Å². The van der Waals surface area contributed by atoms with E-state index in [4.69, 9.17) is 10.5 Å². The minimum Gasteiger partial charge on any atom is -0.381 e. The number of nitrogen functional groups attached to an aromatic ring is 1. The molecule has 0 saturated carbocycles. The molecular formula is C8H14N4OS. The Bertz CT molecular complexity index is 297. The van der Waals surface area contributed by atoms with E-state index in [0.29, 0.717) is 17.9 Å². The van der Waals surface area contributed by atoms with Crippen LogP contribution in [-0.2, 0) is 4.74 Å². The fourth-order valence-corrected chi connectivity index (χ4v) is 2.15. The van der Waals surface area contributed by atoms with E-state index in [2.05, 4.69) is 21.6 Å². The van der Waals surface area contributed by atoms with E-state index in [9.17, 15) is 0 Å². The number of hydrogen-bond acceptors (Lipinski definition) is 6. The van der Waals surface area contributed by atoms with E-state index >= 15 is 0 Å². The first-order valence-electron chi connectivity index (χ1n) is 4.69. The predicted octanol–water partition coefficient (Wildman–Crippen LogP) is 0.957. The molecular weight excluding hydrogens is 200 g/mol. The third-order valence-electron chi connectivity index (χ3n) is 2.46. The van der Waals surface area contributed by atoms with E-state index in [1.165, 1.54) is 11.5 Å². The highest BCUT2D eigenvalue weighted by atomic mass is 32.1. The summed E-state index contributed by atoms with van der Waals surface area (Å²) in [4.78, 5) is 4.06. The highest BCUT2D eigenvalue weighted by molar-refractivity contribution is 7.09. The first-order valence-corrected chi connectivity index (χ1v) is 5.46. The zero-order valence-corrected chi connectivity index (χ0v) is 8.88. The third-order valence-corrected chi connectivity index (χ3v) is 3.13. The predicted molar refractivity (Wildman–Crippen MR) is 56.3 cm³/mol. The maximum atomic E-state index is 5.43. The number of nitrogens with one attached hydrogen (secondary N) is 1. The zero-order chi connectivity index (χ0) is 9.97. The van der Waals surface area contributed by atoms with Gasteiger partial charge in [0.25, 0.3) is 0 Å². The normalized spacial score (nSPS) is 23.6. The molecule has 1 aliphatic rings. The number of aromatic nitrogens is 2. The second kappa shape index (κ2) is 4.10. The maximum Gasteiger partial charge on any atom is 0.233 e. The van der Waals surface area contributed by atoms with Crippen molar-refractivity contribution >= 4 is 22.6 Å².